The minimum atomic E-state index is -1.02. The predicted molar refractivity (Wildman–Crippen MR) is 124 cm³/mol. The van der Waals surface area contributed by atoms with Crippen molar-refractivity contribution in [2.45, 2.75) is 37.8 Å². The van der Waals surface area contributed by atoms with Gasteiger partial charge in [0.15, 0.2) is 22.9 Å². The fraction of sp³-hybridized carbons (Fsp3) is 0.360. The third-order valence-corrected chi connectivity index (χ3v) is 7.20. The normalized spacial score (nSPS) is 19.2. The molecule has 0 spiro atoms. The van der Waals surface area contributed by atoms with E-state index in [2.05, 4.69) is 10.1 Å². The molecule has 2 atom stereocenters. The van der Waals surface area contributed by atoms with Crippen molar-refractivity contribution in [1.29, 1.82) is 0 Å². The molecule has 3 aromatic heterocycles. The molecule has 5 heterocycles. The Morgan fingerprint density at radius 3 is 2.77 bits per heavy atom. The van der Waals surface area contributed by atoms with Gasteiger partial charge in [-0.25, -0.2) is 14.1 Å². The number of piperidine rings is 1. The Kier molecular flexibility index (Phi) is 4.87. The van der Waals surface area contributed by atoms with Gasteiger partial charge in [0.1, 0.15) is 0 Å². The van der Waals surface area contributed by atoms with Crippen LogP contribution in [0.2, 0.25) is 0 Å². The summed E-state index contributed by atoms with van der Waals surface area (Å²) in [6.07, 6.45) is 4.86. The van der Waals surface area contributed by atoms with Gasteiger partial charge >= 0.3 is 0 Å². The van der Waals surface area contributed by atoms with Gasteiger partial charge in [0, 0.05) is 37.5 Å². The number of halogens is 2. The lowest BCUT2D eigenvalue weighted by molar-refractivity contribution is 0.0387. The molecule has 8 nitrogen and oxygen atoms in total. The maximum Gasteiger partial charge on any atom is 0.275 e. The van der Waals surface area contributed by atoms with E-state index in [9.17, 15) is 13.6 Å². The third-order valence-electron chi connectivity index (χ3n) is 7.20. The summed E-state index contributed by atoms with van der Waals surface area (Å²) in [6, 6.07) is 6.08. The molecule has 1 amide bonds. The van der Waals surface area contributed by atoms with Crippen molar-refractivity contribution in [3.8, 4) is 17.0 Å². The highest BCUT2D eigenvalue weighted by Gasteiger charge is 2.44. The first-order chi connectivity index (χ1) is 16.9. The highest BCUT2D eigenvalue weighted by molar-refractivity contribution is 6.04. The lowest BCUT2D eigenvalue weighted by atomic mass is 9.81. The number of ether oxygens (including phenoxy) is 1. The van der Waals surface area contributed by atoms with Crippen molar-refractivity contribution in [2.24, 2.45) is 14.1 Å². The zero-order chi connectivity index (χ0) is 24.4. The molecule has 0 radical (unpaired) electrons. The Morgan fingerprint density at radius 1 is 1.14 bits per heavy atom. The van der Waals surface area contributed by atoms with Gasteiger partial charge in [-0.05, 0) is 49.9 Å². The quantitative estimate of drug-likeness (QED) is 0.446. The Labute approximate surface area is 200 Å². The number of aryl methyl sites for hydroxylation is 2. The van der Waals surface area contributed by atoms with E-state index in [-0.39, 0.29) is 23.7 Å². The van der Waals surface area contributed by atoms with Crippen molar-refractivity contribution in [1.82, 2.24) is 29.4 Å². The van der Waals surface area contributed by atoms with Gasteiger partial charge in [-0.1, -0.05) is 0 Å². The van der Waals surface area contributed by atoms with E-state index >= 15 is 0 Å². The van der Waals surface area contributed by atoms with Crippen molar-refractivity contribution in [3.63, 3.8) is 0 Å². The van der Waals surface area contributed by atoms with Crippen LogP contribution in [0.4, 0.5) is 8.78 Å². The number of methoxy groups -OCH3 is 1. The largest absolute Gasteiger partial charge is 0.494 e. The summed E-state index contributed by atoms with van der Waals surface area (Å²) in [7, 11) is 4.88. The van der Waals surface area contributed by atoms with Gasteiger partial charge in [-0.15, -0.1) is 0 Å². The number of benzene rings is 1. The highest BCUT2D eigenvalue weighted by Crippen LogP contribution is 2.45. The molecule has 4 aromatic rings. The first-order valence-electron chi connectivity index (χ1n) is 11.6. The monoisotopic (exact) mass is 478 g/mol. The summed E-state index contributed by atoms with van der Waals surface area (Å²) in [6.45, 7) is 0. The van der Waals surface area contributed by atoms with Gasteiger partial charge in [0.2, 0.25) is 5.82 Å². The Hall–Kier alpha value is -3.82. The Balaban J connectivity index is 1.45. The van der Waals surface area contributed by atoms with E-state index in [0.29, 0.717) is 29.0 Å². The summed E-state index contributed by atoms with van der Waals surface area (Å²) in [5.41, 5.74) is 4.02. The average Bonchev–Trinajstić information content (AvgIpc) is 3.36. The fourth-order valence-corrected chi connectivity index (χ4v) is 5.73. The molecule has 2 aliphatic heterocycles. The van der Waals surface area contributed by atoms with Crippen LogP contribution in [0.15, 0.2) is 30.5 Å². The van der Waals surface area contributed by atoms with E-state index in [1.807, 2.05) is 11.0 Å². The van der Waals surface area contributed by atoms with E-state index in [1.54, 1.807) is 35.7 Å². The van der Waals surface area contributed by atoms with Gasteiger partial charge < -0.3 is 9.64 Å². The smallest absolute Gasteiger partial charge is 0.275 e. The van der Waals surface area contributed by atoms with Crippen LogP contribution in [-0.4, -0.2) is 48.5 Å². The van der Waals surface area contributed by atoms with E-state index in [1.165, 1.54) is 19.2 Å². The molecule has 180 valence electrons. The minimum absolute atomic E-state index is 0.0439. The first-order valence-corrected chi connectivity index (χ1v) is 11.6. The van der Waals surface area contributed by atoms with Crippen LogP contribution < -0.4 is 4.74 Å². The number of hydrogen-bond donors (Lipinski definition) is 0. The van der Waals surface area contributed by atoms with Gasteiger partial charge in [0.05, 0.1) is 29.9 Å². The molecule has 0 aliphatic carbocycles. The topological polar surface area (TPSA) is 78.1 Å². The molecule has 2 bridgehead atoms. The summed E-state index contributed by atoms with van der Waals surface area (Å²) in [5.74, 6) is -2.28. The summed E-state index contributed by atoms with van der Waals surface area (Å²) in [5, 5.41) is 10.0. The third kappa shape index (κ3) is 3.15. The van der Waals surface area contributed by atoms with E-state index in [4.69, 9.17) is 9.84 Å². The van der Waals surface area contributed by atoms with Gasteiger partial charge in [0.25, 0.3) is 5.91 Å². The number of fused-ring (bicyclic) bond motifs is 5. The molecule has 1 saturated heterocycles. The SMILES string of the molecule is COc1cc(-c2c3c(nn2C)[C@H]2CCC[C@H](C3)N2C(=O)c2nn(C)c3ncccc23)cc(F)c1F. The molecule has 0 unspecified atom stereocenters. The van der Waals surface area contributed by atoms with Crippen LogP contribution in [0, 0.1) is 11.6 Å². The molecular weight excluding hydrogens is 454 g/mol. The second kappa shape index (κ2) is 7.86. The molecule has 1 aromatic carbocycles. The average molecular weight is 479 g/mol. The van der Waals surface area contributed by atoms with Gasteiger partial charge in [-0.2, -0.15) is 14.6 Å². The maximum absolute atomic E-state index is 14.3. The lowest BCUT2D eigenvalue weighted by Gasteiger charge is -2.45. The number of carbonyl (C=O) groups is 1. The van der Waals surface area contributed by atoms with Crippen LogP contribution in [0.1, 0.15) is 47.1 Å². The molecule has 2 aliphatic rings. The van der Waals surface area contributed by atoms with Crippen molar-refractivity contribution >= 4 is 16.9 Å². The zero-order valence-electron chi connectivity index (χ0n) is 19.6. The number of amides is 1. The van der Waals surface area contributed by atoms with Crippen LogP contribution in [-0.2, 0) is 20.5 Å². The summed E-state index contributed by atoms with van der Waals surface area (Å²) < 4.78 is 36.8. The predicted octanol–water partition coefficient (Wildman–Crippen LogP) is 3.95. The Morgan fingerprint density at radius 2 is 1.97 bits per heavy atom. The fourth-order valence-electron chi connectivity index (χ4n) is 5.73. The van der Waals surface area contributed by atoms with Crippen LogP contribution in [0.25, 0.3) is 22.3 Å². The number of carbonyl (C=O) groups excluding carboxylic acids is 1. The van der Waals surface area contributed by atoms with Crippen molar-refractivity contribution in [3.05, 3.63) is 59.0 Å². The number of rotatable bonds is 3. The first kappa shape index (κ1) is 21.7. The standard InChI is InChI=1S/C25H24F2N6O2/c1-31-23(13-10-17(26)20(27)19(11-13)35-3)16-12-14-6-4-8-18(21(16)29-31)33(14)25(34)22-15-7-5-9-28-24(15)32(2)30-22/h5,7,9-11,14,18H,4,6,8,12H2,1-3H3/t14-,18-/m1/s1. The second-order valence-corrected chi connectivity index (χ2v) is 9.17. The number of hydrogen-bond acceptors (Lipinski definition) is 5. The second-order valence-electron chi connectivity index (χ2n) is 9.17. The van der Waals surface area contributed by atoms with E-state index in [0.717, 1.165) is 35.9 Å². The van der Waals surface area contributed by atoms with Crippen molar-refractivity contribution in [2.75, 3.05) is 7.11 Å². The van der Waals surface area contributed by atoms with Gasteiger partial charge in [-0.3, -0.25) is 9.48 Å². The maximum atomic E-state index is 14.3. The number of pyridine rings is 1. The summed E-state index contributed by atoms with van der Waals surface area (Å²) in [4.78, 5) is 20.1. The molecule has 0 saturated carbocycles. The highest BCUT2D eigenvalue weighted by atomic mass is 19.2. The minimum Gasteiger partial charge on any atom is -0.494 e. The van der Waals surface area contributed by atoms with Crippen LogP contribution in [0.5, 0.6) is 5.75 Å². The van der Waals surface area contributed by atoms with Crippen LogP contribution in [0.3, 0.4) is 0 Å². The van der Waals surface area contributed by atoms with Crippen LogP contribution >= 0.6 is 0 Å². The zero-order valence-corrected chi connectivity index (χ0v) is 19.6. The van der Waals surface area contributed by atoms with Crippen molar-refractivity contribution < 1.29 is 18.3 Å². The molecule has 1 fully saturated rings. The number of nitrogens with zero attached hydrogens (tertiary/aromatic N) is 6. The lowest BCUT2D eigenvalue weighted by Crippen LogP contribution is -2.50. The molecule has 10 heteroatoms. The molecule has 35 heavy (non-hydrogen) atoms. The summed E-state index contributed by atoms with van der Waals surface area (Å²) >= 11 is 0. The number of aromatic nitrogens is 5. The molecular formula is C25H24F2N6O2. The molecule has 0 N–H and O–H groups in total. The van der Waals surface area contributed by atoms with E-state index < -0.39 is 11.6 Å². The Bertz CT molecular complexity index is 1490. The molecule has 6 rings (SSSR count).